The van der Waals surface area contributed by atoms with Crippen molar-refractivity contribution in [2.45, 2.75) is 96.2 Å². The van der Waals surface area contributed by atoms with Crippen LogP contribution in [-0.2, 0) is 11.8 Å². The van der Waals surface area contributed by atoms with Gasteiger partial charge in [0.05, 0.1) is 28.0 Å². The van der Waals surface area contributed by atoms with Gasteiger partial charge >= 0.3 is 0 Å². The molecule has 3 unspecified atom stereocenters. The van der Waals surface area contributed by atoms with Crippen molar-refractivity contribution in [3.63, 3.8) is 0 Å². The molecule has 280 valence electrons. The fraction of sp³-hybridized carbons (Fsp3) is 0.314. The van der Waals surface area contributed by atoms with Gasteiger partial charge in [-0.2, -0.15) is 4.57 Å². The number of likely N-dealkylation sites (N-methyl/N-ethyl adjacent to an activating group) is 1. The molecule has 7 aromatic rings. The Morgan fingerprint density at radius 1 is 0.768 bits per heavy atom. The van der Waals surface area contributed by atoms with Gasteiger partial charge in [0.1, 0.15) is 41.5 Å². The van der Waals surface area contributed by atoms with Crippen molar-refractivity contribution in [2.75, 3.05) is 16.8 Å². The molecule has 3 atom stereocenters. The molecule has 5 heteroatoms. The Labute approximate surface area is 330 Å². The van der Waals surface area contributed by atoms with E-state index >= 15 is 0 Å². The summed E-state index contributed by atoms with van der Waals surface area (Å²) in [5, 5.41) is 2.50. The van der Waals surface area contributed by atoms with Gasteiger partial charge in [-0.1, -0.05) is 115 Å². The van der Waals surface area contributed by atoms with Gasteiger partial charge < -0.3 is 14.2 Å². The fourth-order valence-corrected chi connectivity index (χ4v) is 11.4. The smallest absolute Gasteiger partial charge is 0.294 e. The van der Waals surface area contributed by atoms with Crippen LogP contribution in [0.25, 0.3) is 39.0 Å². The maximum atomic E-state index is 6.75. The second-order valence-electron chi connectivity index (χ2n) is 18.0. The van der Waals surface area contributed by atoms with Gasteiger partial charge in [0.25, 0.3) is 5.82 Å². The summed E-state index contributed by atoms with van der Waals surface area (Å²) in [6, 6.07) is 34.6. The van der Waals surface area contributed by atoms with E-state index < -0.39 is 0 Å². The summed E-state index contributed by atoms with van der Waals surface area (Å²) in [7, 11) is 2.28. The zero-order valence-corrected chi connectivity index (χ0v) is 33.7. The quantitative estimate of drug-likeness (QED) is 0.134. The molecule has 0 radical (unpaired) electrons. The van der Waals surface area contributed by atoms with Crippen LogP contribution in [0.1, 0.15) is 112 Å². The van der Waals surface area contributed by atoms with E-state index in [4.69, 9.17) is 11.0 Å². The molecule has 0 aliphatic carbocycles. The number of nitrogens with zero attached hydrogens (tertiary/aromatic N) is 4. The summed E-state index contributed by atoms with van der Waals surface area (Å²) in [6.07, 6.45) is 7.52. The number of para-hydroxylation sites is 2. The summed E-state index contributed by atoms with van der Waals surface area (Å²) in [5.41, 5.74) is 17.7. The molecule has 2 aromatic heterocycles. The Kier molecular flexibility index (Phi) is 7.08. The molecule has 0 bridgehead atoms. The number of fused-ring (bicyclic) bond motifs is 6. The predicted molar refractivity (Wildman–Crippen MR) is 230 cm³/mol. The van der Waals surface area contributed by atoms with E-state index in [0.29, 0.717) is 17.8 Å². The van der Waals surface area contributed by atoms with Crippen LogP contribution in [0.3, 0.4) is 0 Å². The monoisotopic (exact) mass is 735 g/mol. The number of benzene rings is 5. The number of furan rings is 1. The van der Waals surface area contributed by atoms with E-state index in [1.165, 1.54) is 83.9 Å². The fourth-order valence-electron chi connectivity index (χ4n) is 11.4. The third-order valence-corrected chi connectivity index (χ3v) is 14.0. The second kappa shape index (κ2) is 11.7. The van der Waals surface area contributed by atoms with Gasteiger partial charge in [-0.25, -0.2) is 4.57 Å². The minimum Gasteiger partial charge on any atom is -0.456 e. The number of imidazole rings is 1. The van der Waals surface area contributed by atoms with E-state index in [9.17, 15) is 0 Å². The van der Waals surface area contributed by atoms with Gasteiger partial charge in [-0.15, -0.1) is 0 Å². The number of aryl methyl sites for hydroxylation is 1. The average Bonchev–Trinajstić information content (AvgIpc) is 3.88. The number of anilines is 3. The average molecular weight is 736 g/mol. The lowest BCUT2D eigenvalue weighted by Gasteiger charge is -2.40. The number of aromatic nitrogens is 2. The third kappa shape index (κ3) is 4.34. The molecule has 5 aromatic carbocycles. The molecule has 4 aliphatic rings. The first kappa shape index (κ1) is 33.8. The molecule has 0 spiro atoms. The van der Waals surface area contributed by atoms with Gasteiger partial charge in [-0.05, 0) is 76.8 Å². The summed E-state index contributed by atoms with van der Waals surface area (Å²) < 4.78 is 11.9. The Morgan fingerprint density at radius 2 is 1.48 bits per heavy atom. The van der Waals surface area contributed by atoms with Crippen LogP contribution < -0.4 is 14.4 Å². The zero-order valence-electron chi connectivity index (χ0n) is 33.7. The highest BCUT2D eigenvalue weighted by atomic mass is 16.3. The molecule has 4 aliphatic heterocycles. The highest BCUT2D eigenvalue weighted by Crippen LogP contribution is 2.59. The molecule has 6 heterocycles. The van der Waals surface area contributed by atoms with Crippen molar-refractivity contribution in [1.82, 2.24) is 4.57 Å². The molecular formula is C51H51N4O+. The molecule has 5 nitrogen and oxygen atoms in total. The van der Waals surface area contributed by atoms with Gasteiger partial charge in [-0.3, -0.25) is 0 Å². The minimum atomic E-state index is -0.255. The number of hydrogen-bond acceptors (Lipinski definition) is 3. The van der Waals surface area contributed by atoms with Crippen molar-refractivity contribution in [3.05, 3.63) is 149 Å². The highest BCUT2D eigenvalue weighted by Gasteiger charge is 2.48. The van der Waals surface area contributed by atoms with Crippen LogP contribution >= 0.6 is 0 Å². The van der Waals surface area contributed by atoms with Crippen molar-refractivity contribution in [2.24, 2.45) is 0 Å². The first-order valence-corrected chi connectivity index (χ1v) is 20.7. The Balaban J connectivity index is 1.17. The third-order valence-electron chi connectivity index (χ3n) is 14.0. The van der Waals surface area contributed by atoms with Crippen molar-refractivity contribution < 1.29 is 8.98 Å². The Hall–Kier alpha value is -5.55. The van der Waals surface area contributed by atoms with Crippen LogP contribution in [-0.4, -0.2) is 17.8 Å². The molecule has 0 amide bonds. The Morgan fingerprint density at radius 3 is 2.27 bits per heavy atom. The van der Waals surface area contributed by atoms with Crippen molar-refractivity contribution in [1.29, 1.82) is 0 Å². The molecule has 0 saturated carbocycles. The summed E-state index contributed by atoms with van der Waals surface area (Å²) in [5.74, 6) is 2.38. The van der Waals surface area contributed by atoms with Crippen LogP contribution in [0.2, 0.25) is 0 Å². The Bertz CT molecular complexity index is 2770. The van der Waals surface area contributed by atoms with E-state index in [1.54, 1.807) is 0 Å². The SMILES string of the molecule is C=C1CC2C(CCc3ccc4oc5cccc6c5c4c3N3c4c(cccc4C6(C)C)N(C)C13)c1ccccc1-c1n(-c3c(C(C)C)cccc3C(C)C)cc[n+]12. The van der Waals surface area contributed by atoms with E-state index in [1.807, 2.05) is 0 Å². The van der Waals surface area contributed by atoms with E-state index in [2.05, 4.69) is 171 Å². The predicted octanol–water partition coefficient (Wildman–Crippen LogP) is 12.4. The normalized spacial score (nSPS) is 20.4. The molecule has 56 heavy (non-hydrogen) atoms. The maximum absolute atomic E-state index is 6.75. The molecule has 0 saturated heterocycles. The largest absolute Gasteiger partial charge is 0.456 e. The molecule has 0 N–H and O–H groups in total. The number of rotatable bonds is 3. The van der Waals surface area contributed by atoms with Crippen molar-refractivity contribution >= 4 is 39.0 Å². The second-order valence-corrected chi connectivity index (χ2v) is 18.0. The first-order chi connectivity index (χ1) is 27.1. The summed E-state index contributed by atoms with van der Waals surface area (Å²) in [4.78, 5) is 5.18. The van der Waals surface area contributed by atoms with Crippen LogP contribution in [0.4, 0.5) is 17.1 Å². The van der Waals surface area contributed by atoms with Gasteiger partial charge in [0.15, 0.2) is 0 Å². The lowest BCUT2D eigenvalue weighted by molar-refractivity contribution is -0.717. The minimum absolute atomic E-state index is 0.0576. The molecule has 0 fully saturated rings. The lowest BCUT2D eigenvalue weighted by atomic mass is 9.74. The molecule has 11 rings (SSSR count). The van der Waals surface area contributed by atoms with Crippen LogP contribution in [0.15, 0.2) is 120 Å². The first-order valence-electron chi connectivity index (χ1n) is 20.7. The number of hydrogen-bond donors (Lipinski definition) is 0. The van der Waals surface area contributed by atoms with Gasteiger partial charge in [0, 0.05) is 41.3 Å². The van der Waals surface area contributed by atoms with E-state index in [0.717, 1.165) is 30.4 Å². The molecular weight excluding hydrogens is 685 g/mol. The maximum Gasteiger partial charge on any atom is 0.294 e. The summed E-state index contributed by atoms with van der Waals surface area (Å²) in [6.45, 7) is 19.2. The standard InChI is InChI=1S/C51H51N4O/c1-29(2)33-16-11-17-34(30(3)4)47(33)54-27-26-53-41-28-31(5)49-52(8)40-20-12-19-39-48(40)55(49)46-32(22-24-36(41)35-14-9-10-15-37(35)50(53)54)23-25-43-45(46)44-38(51(39,6)7)18-13-21-42(44)56-43/h9-21,23,25-27,29-30,36,41,49H,5,22,24,28H2,1-4,6-8H3/q+1. The van der Waals surface area contributed by atoms with Crippen LogP contribution in [0, 0.1) is 0 Å². The highest BCUT2D eigenvalue weighted by molar-refractivity contribution is 6.16. The van der Waals surface area contributed by atoms with Crippen LogP contribution in [0.5, 0.6) is 0 Å². The van der Waals surface area contributed by atoms with Crippen molar-refractivity contribution in [3.8, 4) is 17.1 Å². The zero-order chi connectivity index (χ0) is 38.4. The topological polar surface area (TPSA) is 28.4 Å². The lowest BCUT2D eigenvalue weighted by Crippen LogP contribution is -2.49. The van der Waals surface area contributed by atoms with E-state index in [-0.39, 0.29) is 17.6 Å². The van der Waals surface area contributed by atoms with Gasteiger partial charge in [0.2, 0.25) is 0 Å². The summed E-state index contributed by atoms with van der Waals surface area (Å²) >= 11 is 0.